The molecular formula is C22H36O4. The molecule has 0 radical (unpaired) electrons. The molecule has 2 atom stereocenters. The van der Waals surface area contributed by atoms with Crippen LogP contribution in [0.3, 0.4) is 0 Å². The van der Waals surface area contributed by atoms with Gasteiger partial charge in [-0.05, 0) is 74.5 Å². The number of hydrogen-bond acceptors (Lipinski definition) is 4. The van der Waals surface area contributed by atoms with Crippen LogP contribution in [0, 0.1) is 35.5 Å². The zero-order valence-electron chi connectivity index (χ0n) is 17.0. The molecule has 0 saturated heterocycles. The topological polar surface area (TPSA) is 52.6 Å². The summed E-state index contributed by atoms with van der Waals surface area (Å²) in [5.41, 5.74) is -0.317. The van der Waals surface area contributed by atoms with Gasteiger partial charge >= 0.3 is 11.9 Å². The predicted molar refractivity (Wildman–Crippen MR) is 100 cm³/mol. The first-order chi connectivity index (χ1) is 12.4. The van der Waals surface area contributed by atoms with E-state index in [4.69, 9.17) is 9.47 Å². The van der Waals surface area contributed by atoms with E-state index in [9.17, 15) is 9.59 Å². The molecule has 0 N–H and O–H groups in total. The SMILES string of the molecule is CCC(C)CC1(OC(=O)COC(=O)C(C)CC)C2CC3CC(C2)CC1C3. The summed E-state index contributed by atoms with van der Waals surface area (Å²) in [6.45, 7) is 8.02. The highest BCUT2D eigenvalue weighted by molar-refractivity contribution is 5.77. The Bertz CT molecular complexity index is 498. The minimum absolute atomic E-state index is 0.168. The third-order valence-corrected chi connectivity index (χ3v) is 7.54. The van der Waals surface area contributed by atoms with E-state index in [1.165, 1.54) is 32.1 Å². The fraction of sp³-hybridized carbons (Fsp3) is 0.909. The largest absolute Gasteiger partial charge is 0.456 e. The predicted octanol–water partition coefficient (Wildman–Crippen LogP) is 4.75. The van der Waals surface area contributed by atoms with Gasteiger partial charge in [-0.1, -0.05) is 34.1 Å². The van der Waals surface area contributed by atoms with Crippen molar-refractivity contribution in [1.29, 1.82) is 0 Å². The lowest BCUT2D eigenvalue weighted by atomic mass is 9.48. The van der Waals surface area contributed by atoms with Gasteiger partial charge in [-0.15, -0.1) is 0 Å². The van der Waals surface area contributed by atoms with Gasteiger partial charge in [0.25, 0.3) is 0 Å². The molecule has 4 nitrogen and oxygen atoms in total. The summed E-state index contributed by atoms with van der Waals surface area (Å²) in [5.74, 6) is 2.40. The standard InChI is InChI=1S/C22H36O4/c1-5-14(3)12-22(26-20(23)13-25-21(24)15(4)6-2)18-8-16-7-17(10-18)11-19(22)9-16/h14-19H,5-13H2,1-4H3. The van der Waals surface area contributed by atoms with Crippen molar-refractivity contribution in [2.75, 3.05) is 6.61 Å². The molecular weight excluding hydrogens is 328 g/mol. The lowest BCUT2D eigenvalue weighted by Crippen LogP contribution is -2.60. The van der Waals surface area contributed by atoms with Crippen molar-refractivity contribution in [2.24, 2.45) is 35.5 Å². The number of hydrogen-bond donors (Lipinski definition) is 0. The van der Waals surface area contributed by atoms with E-state index in [2.05, 4.69) is 13.8 Å². The number of ether oxygens (including phenoxy) is 2. The summed E-state index contributed by atoms with van der Waals surface area (Å²) in [6.07, 6.45) is 9.02. The van der Waals surface area contributed by atoms with Crippen molar-refractivity contribution in [3.63, 3.8) is 0 Å². The molecule has 4 fully saturated rings. The Morgan fingerprint density at radius 1 is 0.962 bits per heavy atom. The molecule has 4 rings (SSSR count). The summed E-state index contributed by atoms with van der Waals surface area (Å²) in [5, 5.41) is 0. The van der Waals surface area contributed by atoms with Crippen LogP contribution in [0.2, 0.25) is 0 Å². The molecule has 0 spiro atoms. The monoisotopic (exact) mass is 364 g/mol. The van der Waals surface area contributed by atoms with Crippen molar-refractivity contribution in [1.82, 2.24) is 0 Å². The lowest BCUT2D eigenvalue weighted by Gasteiger charge is -2.60. The molecule has 4 heteroatoms. The van der Waals surface area contributed by atoms with Crippen LogP contribution in [0.5, 0.6) is 0 Å². The molecule has 4 saturated carbocycles. The third kappa shape index (κ3) is 3.80. The highest BCUT2D eigenvalue weighted by atomic mass is 16.6. The summed E-state index contributed by atoms with van der Waals surface area (Å²) in [4.78, 5) is 24.5. The molecule has 0 aromatic rings. The van der Waals surface area contributed by atoms with Crippen LogP contribution in [0.15, 0.2) is 0 Å². The average Bonchev–Trinajstić information content (AvgIpc) is 2.62. The Morgan fingerprint density at radius 3 is 2.04 bits per heavy atom. The second-order valence-corrected chi connectivity index (χ2v) is 9.37. The Morgan fingerprint density at radius 2 is 1.54 bits per heavy atom. The van der Waals surface area contributed by atoms with Gasteiger partial charge in [0.15, 0.2) is 6.61 Å². The average molecular weight is 365 g/mol. The Balaban J connectivity index is 1.69. The van der Waals surface area contributed by atoms with Crippen molar-refractivity contribution >= 4 is 11.9 Å². The molecule has 0 heterocycles. The van der Waals surface area contributed by atoms with Gasteiger partial charge in [-0.3, -0.25) is 4.79 Å². The van der Waals surface area contributed by atoms with Gasteiger partial charge in [0.05, 0.1) is 5.92 Å². The first-order valence-corrected chi connectivity index (χ1v) is 10.8. The summed E-state index contributed by atoms with van der Waals surface area (Å²) >= 11 is 0. The van der Waals surface area contributed by atoms with Gasteiger partial charge in [0, 0.05) is 0 Å². The maximum absolute atomic E-state index is 12.6. The zero-order chi connectivity index (χ0) is 18.9. The van der Waals surface area contributed by atoms with Crippen molar-refractivity contribution in [3.05, 3.63) is 0 Å². The highest BCUT2D eigenvalue weighted by Gasteiger charge is 2.59. The molecule has 4 aliphatic rings. The lowest BCUT2D eigenvalue weighted by molar-refractivity contribution is -0.218. The third-order valence-electron chi connectivity index (χ3n) is 7.54. The molecule has 2 unspecified atom stereocenters. The molecule has 4 aliphatic carbocycles. The van der Waals surface area contributed by atoms with Crippen molar-refractivity contribution < 1.29 is 19.1 Å². The second-order valence-electron chi connectivity index (χ2n) is 9.37. The summed E-state index contributed by atoms with van der Waals surface area (Å²) in [7, 11) is 0. The Labute approximate surface area is 158 Å². The van der Waals surface area contributed by atoms with Crippen LogP contribution in [0.4, 0.5) is 0 Å². The van der Waals surface area contributed by atoms with E-state index in [0.717, 1.165) is 31.1 Å². The van der Waals surface area contributed by atoms with Gasteiger partial charge in [0.2, 0.25) is 0 Å². The van der Waals surface area contributed by atoms with E-state index in [0.29, 0.717) is 17.8 Å². The molecule has 0 amide bonds. The molecule has 4 bridgehead atoms. The smallest absolute Gasteiger partial charge is 0.344 e. The maximum Gasteiger partial charge on any atom is 0.344 e. The highest BCUT2D eigenvalue weighted by Crippen LogP contribution is 2.61. The van der Waals surface area contributed by atoms with Crippen LogP contribution in [-0.4, -0.2) is 24.1 Å². The first-order valence-electron chi connectivity index (χ1n) is 10.8. The number of carbonyl (C=O) groups is 2. The molecule has 0 aromatic carbocycles. The van der Waals surface area contributed by atoms with Crippen LogP contribution >= 0.6 is 0 Å². The van der Waals surface area contributed by atoms with Crippen LogP contribution in [0.1, 0.15) is 79.1 Å². The van der Waals surface area contributed by atoms with E-state index < -0.39 is 0 Å². The number of carbonyl (C=O) groups excluding carboxylic acids is 2. The fourth-order valence-corrected chi connectivity index (χ4v) is 5.89. The van der Waals surface area contributed by atoms with Gasteiger partial charge in [-0.25, -0.2) is 4.79 Å². The quantitative estimate of drug-likeness (QED) is 0.583. The number of rotatable bonds is 8. The fourth-order valence-electron chi connectivity index (χ4n) is 5.89. The molecule has 0 aliphatic heterocycles. The van der Waals surface area contributed by atoms with E-state index in [-0.39, 0.29) is 30.1 Å². The second kappa shape index (κ2) is 7.90. The minimum atomic E-state index is -0.350. The maximum atomic E-state index is 12.6. The van der Waals surface area contributed by atoms with Crippen LogP contribution in [0.25, 0.3) is 0 Å². The van der Waals surface area contributed by atoms with Crippen LogP contribution < -0.4 is 0 Å². The molecule has 26 heavy (non-hydrogen) atoms. The Kier molecular flexibility index (Phi) is 5.98. The van der Waals surface area contributed by atoms with Crippen LogP contribution in [-0.2, 0) is 19.1 Å². The van der Waals surface area contributed by atoms with Gasteiger partial charge in [-0.2, -0.15) is 0 Å². The first kappa shape index (κ1) is 19.7. The normalized spacial score (nSPS) is 37.2. The van der Waals surface area contributed by atoms with E-state index >= 15 is 0 Å². The Hall–Kier alpha value is -1.06. The van der Waals surface area contributed by atoms with Gasteiger partial charge < -0.3 is 9.47 Å². The summed E-state index contributed by atoms with van der Waals surface area (Å²) < 4.78 is 11.4. The van der Waals surface area contributed by atoms with Crippen molar-refractivity contribution in [3.8, 4) is 0 Å². The van der Waals surface area contributed by atoms with E-state index in [1.54, 1.807) is 0 Å². The van der Waals surface area contributed by atoms with Gasteiger partial charge in [0.1, 0.15) is 5.60 Å². The van der Waals surface area contributed by atoms with E-state index in [1.807, 2.05) is 13.8 Å². The number of esters is 2. The van der Waals surface area contributed by atoms with Crippen molar-refractivity contribution in [2.45, 2.75) is 84.7 Å². The molecule has 0 aromatic heterocycles. The molecule has 148 valence electrons. The summed E-state index contributed by atoms with van der Waals surface area (Å²) in [6, 6.07) is 0. The zero-order valence-corrected chi connectivity index (χ0v) is 17.0. The minimum Gasteiger partial charge on any atom is -0.456 e.